The molecule has 0 spiro atoms. The van der Waals surface area contributed by atoms with Crippen molar-refractivity contribution in [3.63, 3.8) is 0 Å². The molecule has 0 bridgehead atoms. The maximum Gasteiger partial charge on any atom is 0.305 e. The van der Waals surface area contributed by atoms with Crippen molar-refractivity contribution in [2.24, 2.45) is 5.92 Å². The summed E-state index contributed by atoms with van der Waals surface area (Å²) >= 11 is 0. The van der Waals surface area contributed by atoms with E-state index in [1.54, 1.807) is 6.08 Å². The molecule has 0 saturated carbocycles. The summed E-state index contributed by atoms with van der Waals surface area (Å²) in [5.74, 6) is 0.197. The van der Waals surface area contributed by atoms with Gasteiger partial charge in [-0.25, -0.2) is 0 Å². The van der Waals surface area contributed by atoms with Crippen LogP contribution in [-0.2, 0) is 19.1 Å². The summed E-state index contributed by atoms with van der Waals surface area (Å²) in [6.45, 7) is 6.41. The van der Waals surface area contributed by atoms with E-state index in [1.807, 2.05) is 36.5 Å². The number of hydrogen-bond acceptors (Lipinski definition) is 6. The third-order valence-electron chi connectivity index (χ3n) is 7.89. The van der Waals surface area contributed by atoms with E-state index in [4.69, 9.17) is 9.47 Å². The van der Waals surface area contributed by atoms with E-state index >= 15 is 0 Å². The molecule has 0 aromatic rings. The molecule has 264 valence electrons. The molecule has 2 N–H and O–H groups in total. The summed E-state index contributed by atoms with van der Waals surface area (Å²) in [7, 11) is 0. The molecule has 46 heavy (non-hydrogen) atoms. The molecule has 0 aromatic carbocycles. The van der Waals surface area contributed by atoms with Crippen LogP contribution in [0.3, 0.4) is 0 Å². The van der Waals surface area contributed by atoms with E-state index in [0.29, 0.717) is 19.3 Å². The Morgan fingerprint density at radius 1 is 0.630 bits per heavy atom. The number of aliphatic hydroxyl groups excluding tert-OH is 2. The van der Waals surface area contributed by atoms with Crippen molar-refractivity contribution < 1.29 is 29.3 Å². The molecule has 0 aromatic heterocycles. The minimum Gasteiger partial charge on any atom is -0.463 e. The predicted molar refractivity (Wildman–Crippen MR) is 192 cm³/mol. The van der Waals surface area contributed by atoms with E-state index in [1.165, 1.54) is 57.8 Å². The monoisotopic (exact) mass is 645 g/mol. The standard InChI is InChI=1S/C40H68O6/c1-4-6-7-8-20-25-30-37(41)31-26-21-16-13-14-18-23-28-33-40(44)46-35-38(42)34-45-39(43)32-27-22-17-12-10-9-11-15-19-24-29-36(3)5-2/h6-7,14,16,18,20-21,25-26,31,36-38,41-42H,4-5,8-13,15,17,19,22-24,27-30,32-35H2,1-3H3/b7-6-,18-14-,21-16-,25-20-,31-26+/t36?,37?,38-/m0/s1. The van der Waals surface area contributed by atoms with E-state index in [0.717, 1.165) is 50.9 Å². The van der Waals surface area contributed by atoms with Crippen molar-refractivity contribution >= 4 is 11.9 Å². The van der Waals surface area contributed by atoms with Crippen LogP contribution in [0.15, 0.2) is 60.8 Å². The number of esters is 2. The molecule has 6 heteroatoms. The van der Waals surface area contributed by atoms with Crippen molar-refractivity contribution in [2.45, 2.75) is 161 Å². The highest BCUT2D eigenvalue weighted by atomic mass is 16.6. The number of unbranched alkanes of at least 4 members (excludes halogenated alkanes) is 10. The summed E-state index contributed by atoms with van der Waals surface area (Å²) < 4.78 is 10.2. The maximum absolute atomic E-state index is 11.9. The van der Waals surface area contributed by atoms with Crippen LogP contribution in [-0.4, -0.2) is 47.6 Å². The fourth-order valence-corrected chi connectivity index (χ4v) is 4.71. The Labute approximate surface area is 282 Å². The second kappa shape index (κ2) is 33.9. The molecule has 0 heterocycles. The van der Waals surface area contributed by atoms with E-state index in [-0.39, 0.29) is 31.6 Å². The van der Waals surface area contributed by atoms with Crippen molar-refractivity contribution in [1.29, 1.82) is 0 Å². The largest absolute Gasteiger partial charge is 0.463 e. The number of carbonyl (C=O) groups excluding carboxylic acids is 2. The molecule has 2 unspecified atom stereocenters. The fourth-order valence-electron chi connectivity index (χ4n) is 4.71. The van der Waals surface area contributed by atoms with Gasteiger partial charge in [0.05, 0.1) is 6.10 Å². The molecule has 0 rings (SSSR count). The summed E-state index contributed by atoms with van der Waals surface area (Å²) in [6, 6.07) is 0. The van der Waals surface area contributed by atoms with Gasteiger partial charge in [-0.1, -0.05) is 152 Å². The molecule has 0 radical (unpaired) electrons. The molecule has 0 aliphatic heterocycles. The second-order valence-corrected chi connectivity index (χ2v) is 12.4. The van der Waals surface area contributed by atoms with Gasteiger partial charge in [-0.15, -0.1) is 0 Å². The van der Waals surface area contributed by atoms with E-state index in [2.05, 4.69) is 39.0 Å². The number of carbonyl (C=O) groups is 2. The van der Waals surface area contributed by atoms with Gasteiger partial charge in [0, 0.05) is 12.8 Å². The quantitative estimate of drug-likeness (QED) is 0.0338. The van der Waals surface area contributed by atoms with Crippen LogP contribution in [0.5, 0.6) is 0 Å². The zero-order valence-corrected chi connectivity index (χ0v) is 29.6. The van der Waals surface area contributed by atoms with Crippen LogP contribution < -0.4 is 0 Å². The third-order valence-corrected chi connectivity index (χ3v) is 7.89. The Morgan fingerprint density at radius 3 is 1.80 bits per heavy atom. The first-order valence-electron chi connectivity index (χ1n) is 18.3. The highest BCUT2D eigenvalue weighted by Crippen LogP contribution is 2.15. The number of allylic oxidation sites excluding steroid dienone is 8. The minimum absolute atomic E-state index is 0.151. The second-order valence-electron chi connectivity index (χ2n) is 12.4. The van der Waals surface area contributed by atoms with Gasteiger partial charge >= 0.3 is 11.9 Å². The molecule has 6 nitrogen and oxygen atoms in total. The van der Waals surface area contributed by atoms with E-state index in [9.17, 15) is 19.8 Å². The zero-order chi connectivity index (χ0) is 33.9. The van der Waals surface area contributed by atoms with Gasteiger partial charge < -0.3 is 19.7 Å². The Bertz CT molecular complexity index is 856. The van der Waals surface area contributed by atoms with Gasteiger partial charge in [-0.3, -0.25) is 9.59 Å². The molecule has 0 amide bonds. The van der Waals surface area contributed by atoms with Gasteiger partial charge in [-0.05, 0) is 50.9 Å². The lowest BCUT2D eigenvalue weighted by Gasteiger charge is -2.12. The average molecular weight is 645 g/mol. The summed E-state index contributed by atoms with van der Waals surface area (Å²) in [4.78, 5) is 23.9. The van der Waals surface area contributed by atoms with Crippen LogP contribution in [0.4, 0.5) is 0 Å². The highest BCUT2D eigenvalue weighted by Gasteiger charge is 2.12. The maximum atomic E-state index is 11.9. The van der Waals surface area contributed by atoms with Crippen LogP contribution in [0.25, 0.3) is 0 Å². The lowest BCUT2D eigenvalue weighted by molar-refractivity contribution is -0.152. The first-order chi connectivity index (χ1) is 22.4. The first kappa shape index (κ1) is 43.6. The van der Waals surface area contributed by atoms with Gasteiger partial charge in [0.15, 0.2) is 0 Å². The number of ether oxygens (including phenoxy) is 2. The summed E-state index contributed by atoms with van der Waals surface area (Å²) in [6.07, 6.45) is 38.7. The molecule has 0 aliphatic carbocycles. The molecule has 0 aliphatic rings. The van der Waals surface area contributed by atoms with Crippen molar-refractivity contribution in [2.75, 3.05) is 13.2 Å². The fraction of sp³-hybridized carbons (Fsp3) is 0.700. The highest BCUT2D eigenvalue weighted by molar-refractivity contribution is 5.69. The number of hydrogen-bond donors (Lipinski definition) is 2. The van der Waals surface area contributed by atoms with E-state index < -0.39 is 12.2 Å². The van der Waals surface area contributed by atoms with Crippen molar-refractivity contribution in [3.8, 4) is 0 Å². The topological polar surface area (TPSA) is 93.1 Å². The predicted octanol–water partition coefficient (Wildman–Crippen LogP) is 10.1. The first-order valence-corrected chi connectivity index (χ1v) is 18.3. The number of rotatable bonds is 31. The van der Waals surface area contributed by atoms with Gasteiger partial charge in [0.25, 0.3) is 0 Å². The summed E-state index contributed by atoms with van der Waals surface area (Å²) in [5, 5.41) is 19.9. The lowest BCUT2D eigenvalue weighted by Crippen LogP contribution is -2.25. The van der Waals surface area contributed by atoms with Gasteiger partial charge in [0.2, 0.25) is 0 Å². The minimum atomic E-state index is -1.01. The Kier molecular flexibility index (Phi) is 32.1. The van der Waals surface area contributed by atoms with Gasteiger partial charge in [0.1, 0.15) is 19.3 Å². The van der Waals surface area contributed by atoms with Crippen molar-refractivity contribution in [3.05, 3.63) is 60.8 Å². The Hall–Kier alpha value is -2.44. The number of aliphatic hydroxyl groups is 2. The average Bonchev–Trinajstić information content (AvgIpc) is 3.05. The SMILES string of the molecule is CC/C=C\C/C=C\CC(O)/C=C/C=C\C/C=C\CCCC(=O)OC[C@@H](O)COC(=O)CCCCCCCCCCCCC(C)CC. The van der Waals surface area contributed by atoms with Crippen LogP contribution >= 0.6 is 0 Å². The van der Waals surface area contributed by atoms with Crippen LogP contribution in [0.1, 0.15) is 149 Å². The molecule has 0 fully saturated rings. The lowest BCUT2D eigenvalue weighted by atomic mass is 9.99. The normalized spacial score (nSPS) is 14.3. The zero-order valence-electron chi connectivity index (χ0n) is 29.6. The van der Waals surface area contributed by atoms with Crippen LogP contribution in [0.2, 0.25) is 0 Å². The molecular weight excluding hydrogens is 576 g/mol. The Morgan fingerprint density at radius 2 is 1.17 bits per heavy atom. The molecule has 3 atom stereocenters. The smallest absolute Gasteiger partial charge is 0.305 e. The van der Waals surface area contributed by atoms with Crippen LogP contribution in [0, 0.1) is 5.92 Å². The third kappa shape index (κ3) is 32.9. The Balaban J connectivity index is 3.64. The van der Waals surface area contributed by atoms with Crippen molar-refractivity contribution in [1.82, 2.24) is 0 Å². The summed E-state index contributed by atoms with van der Waals surface area (Å²) in [5.41, 5.74) is 0. The van der Waals surface area contributed by atoms with Gasteiger partial charge in [-0.2, -0.15) is 0 Å². The molecule has 0 saturated heterocycles. The molecular formula is C40H68O6.